The lowest BCUT2D eigenvalue weighted by atomic mass is 9.91. The van der Waals surface area contributed by atoms with E-state index in [9.17, 15) is 73.5 Å². The lowest BCUT2D eigenvalue weighted by molar-refractivity contribution is -0.159. The third-order valence-corrected chi connectivity index (χ3v) is 28.2. The molecule has 4 aliphatic heterocycles. The fourth-order valence-corrected chi connectivity index (χ4v) is 20.3. The van der Waals surface area contributed by atoms with Crippen LogP contribution in [-0.4, -0.2) is 188 Å². The van der Waals surface area contributed by atoms with Gasteiger partial charge in [-0.1, -0.05) is 92.8 Å². The van der Waals surface area contributed by atoms with E-state index in [-0.39, 0.29) is 153 Å². The largest absolute Gasteiger partial charge is 0.433 e. The molecule has 0 bridgehead atoms. The lowest BCUT2D eigenvalue weighted by Gasteiger charge is -2.32. The van der Waals surface area contributed by atoms with Crippen LogP contribution in [0.4, 0.5) is 35.1 Å². The predicted molar refractivity (Wildman–Crippen MR) is 527 cm³/mol. The number of hydrogen-bond acceptors (Lipinski definition) is 16. The zero-order chi connectivity index (χ0) is 103. The van der Waals surface area contributed by atoms with Gasteiger partial charge in [-0.15, -0.1) is 0 Å². The summed E-state index contributed by atoms with van der Waals surface area (Å²) < 4.78 is 134. The molecule has 0 radical (unpaired) electrons. The molecule has 12 heterocycles. The number of piperidine rings is 3. The highest BCUT2D eigenvalue weighted by Gasteiger charge is 2.37. The van der Waals surface area contributed by atoms with E-state index in [1.165, 1.54) is 61.1 Å². The highest BCUT2D eigenvalue weighted by Crippen LogP contribution is 2.42. The topological polar surface area (TPSA) is 258 Å². The molecule has 0 atom stereocenters. The molecule has 0 unspecified atom stereocenters. The van der Waals surface area contributed by atoms with Gasteiger partial charge in [0.1, 0.15) is 62.5 Å². The molecule has 0 saturated carbocycles. The van der Waals surface area contributed by atoms with Crippen LogP contribution in [0.2, 0.25) is 40.3 Å². The molecule has 0 spiro atoms. The zero-order valence-electron chi connectivity index (χ0n) is 79.1. The Morgan fingerprint density at radius 1 is 0.411 bits per heavy atom. The van der Waals surface area contributed by atoms with Crippen LogP contribution in [0.3, 0.4) is 0 Å². The van der Waals surface area contributed by atoms with Crippen molar-refractivity contribution in [1.29, 1.82) is 0 Å². The van der Waals surface area contributed by atoms with Gasteiger partial charge in [-0.2, -0.15) is 35.1 Å². The summed E-state index contributed by atoms with van der Waals surface area (Å²) in [6.07, 6.45) is 1.25. The summed E-state index contributed by atoms with van der Waals surface area (Å²) in [7, 11) is 6.99. The fourth-order valence-electron chi connectivity index (χ4n) is 18.0. The molecule has 0 N–H and O–H groups in total. The molecule has 40 heteroatoms. The zero-order valence-corrected chi connectivity index (χ0v) is 85.1. The Morgan fingerprint density at radius 3 is 1.21 bits per heavy atom. The summed E-state index contributed by atoms with van der Waals surface area (Å²) in [5.41, 5.74) is 7.71. The fraction of sp³-hybridized carbons (Fsp3) is 0.406. The minimum atomic E-state index is -3.35. The minimum Gasteiger partial charge on any atom is -0.433 e. The number of morpholine rings is 1. The number of carbonyl (C=O) groups excluding carboxylic acids is 8. The molecule has 16 rings (SSSR count). The lowest BCUT2D eigenvalue weighted by Crippen LogP contribution is -2.41. The number of alkyl halides is 8. The normalized spacial score (nSPS) is 14.9. The maximum Gasteiger partial charge on any atom is 0.394 e. The summed E-state index contributed by atoms with van der Waals surface area (Å²) >= 11 is 52.2. The van der Waals surface area contributed by atoms with Crippen molar-refractivity contribution in [3.8, 4) is 17.2 Å². The number of pyridine rings is 4. The van der Waals surface area contributed by atoms with Gasteiger partial charge in [0.2, 0.25) is 5.78 Å². The Morgan fingerprint density at radius 2 is 0.794 bits per heavy atom. The highest BCUT2D eigenvalue weighted by molar-refractivity contribution is 6.43. The maximum atomic E-state index is 13.9. The number of hydrogen-bond donors (Lipinski definition) is 0. The van der Waals surface area contributed by atoms with Crippen molar-refractivity contribution in [3.63, 3.8) is 0 Å². The van der Waals surface area contributed by atoms with E-state index in [2.05, 4.69) is 24.7 Å². The molecule has 4 saturated heterocycles. The van der Waals surface area contributed by atoms with Gasteiger partial charge < -0.3 is 71.2 Å². The van der Waals surface area contributed by atoms with E-state index in [1.807, 2.05) is 34.4 Å². The number of amides is 4. The van der Waals surface area contributed by atoms with Crippen LogP contribution in [0.25, 0.3) is 43.7 Å². The SMILES string of the molecule is CC(=O)CC1CCN(C(=O)c2ccc(Cl)c(C(=O)c3cc4ccc(OC(C)(F)F)cc4n3C)c2Cl)CC1.CC(=O)CC1CCN(C(=O)c2cnc(Cl)c(Cc3cc4ccc(OC(C)(F)F)cc4n3C)c2Cl)CC1.CC(=O)CC1CCN(C(=O)c2ncc(Cl)c(Cc3cc4ccc(OC(C)(F)F)cc4n3C)c2Cl)CC1.Cc1cc(C(C)(F)F)nc2c1cc(Cc1c(Cl)cnc(C(=O)N3CCOCC3)c1Cl)n2C. The van der Waals surface area contributed by atoms with E-state index in [1.54, 1.807) is 114 Å². The first-order chi connectivity index (χ1) is 66.3. The quantitative estimate of drug-likeness (QED) is 0.0293. The van der Waals surface area contributed by atoms with Crippen LogP contribution >= 0.6 is 92.8 Å². The molecule has 4 amide bonds. The van der Waals surface area contributed by atoms with Gasteiger partial charge in [0.15, 0.2) is 0 Å². The van der Waals surface area contributed by atoms with E-state index in [4.69, 9.17) is 107 Å². The Labute approximate surface area is 848 Å². The number of fused-ring (bicyclic) bond motifs is 4. The summed E-state index contributed by atoms with van der Waals surface area (Å²) in [6, 6.07) is 25.6. The number of Topliss-reactive ketones (excluding diaryl/α,β-unsaturated/α-hetero) is 3. The van der Waals surface area contributed by atoms with Gasteiger partial charge >= 0.3 is 18.3 Å². The van der Waals surface area contributed by atoms with Gasteiger partial charge in [-0.3, -0.25) is 24.0 Å². The van der Waals surface area contributed by atoms with Crippen molar-refractivity contribution in [2.75, 3.05) is 65.6 Å². The molecule has 750 valence electrons. The third kappa shape index (κ3) is 26.1. The smallest absolute Gasteiger partial charge is 0.394 e. The van der Waals surface area contributed by atoms with E-state index >= 15 is 0 Å². The second kappa shape index (κ2) is 44.7. The Bertz CT molecular complexity index is 6620. The van der Waals surface area contributed by atoms with Crippen molar-refractivity contribution >= 4 is 183 Å². The summed E-state index contributed by atoms with van der Waals surface area (Å²) in [4.78, 5) is 124. The average Bonchev–Trinajstić information content (AvgIpc) is 1.61. The number of likely N-dealkylation sites (tertiary alicyclic amines) is 3. The van der Waals surface area contributed by atoms with E-state index in [0.29, 0.717) is 191 Å². The molecule has 0 aliphatic carbocycles. The number of ether oxygens (including phenoxy) is 4. The number of rotatable bonds is 25. The van der Waals surface area contributed by atoms with E-state index < -0.39 is 30.0 Å². The number of benzene rings is 4. The van der Waals surface area contributed by atoms with Gasteiger partial charge in [0.25, 0.3) is 29.6 Å². The van der Waals surface area contributed by atoms with Crippen LogP contribution in [0.15, 0.2) is 116 Å². The molecular weight excluding hydrogens is 2010 g/mol. The average molecular weight is 2110 g/mol. The molecule has 4 aromatic carbocycles. The van der Waals surface area contributed by atoms with Crippen LogP contribution in [0.1, 0.15) is 209 Å². The summed E-state index contributed by atoms with van der Waals surface area (Å²) in [6.45, 7) is 14.4. The maximum absolute atomic E-state index is 13.9. The molecule has 12 aromatic rings. The summed E-state index contributed by atoms with van der Waals surface area (Å²) in [5, 5.41) is 4.57. The monoisotopic (exact) mass is 2110 g/mol. The molecule has 141 heavy (non-hydrogen) atoms. The number of carbonyl (C=O) groups is 8. The number of nitrogens with zero attached hydrogens (tertiary/aromatic N) is 12. The van der Waals surface area contributed by atoms with Crippen LogP contribution in [-0.2, 0) is 72.5 Å². The van der Waals surface area contributed by atoms with Crippen molar-refractivity contribution in [2.45, 2.75) is 157 Å². The van der Waals surface area contributed by atoms with Crippen molar-refractivity contribution in [1.82, 2.24) is 57.8 Å². The van der Waals surface area contributed by atoms with Crippen molar-refractivity contribution in [2.24, 2.45) is 45.9 Å². The van der Waals surface area contributed by atoms with Crippen molar-refractivity contribution < 1.29 is 92.4 Å². The van der Waals surface area contributed by atoms with Gasteiger partial charge in [-0.25, -0.2) is 19.9 Å². The third-order valence-electron chi connectivity index (χ3n) is 25.3. The van der Waals surface area contributed by atoms with E-state index in [0.717, 1.165) is 65.8 Å². The van der Waals surface area contributed by atoms with Crippen LogP contribution in [0.5, 0.6) is 17.2 Å². The second-order valence-corrected chi connectivity index (χ2v) is 39.3. The van der Waals surface area contributed by atoms with Gasteiger partial charge in [0.05, 0.1) is 87.3 Å². The molecule has 24 nitrogen and oxygen atoms in total. The predicted octanol–water partition coefficient (Wildman–Crippen LogP) is 23.9. The first-order valence-corrected chi connectivity index (χ1v) is 48.4. The second-order valence-electron chi connectivity index (χ2n) is 36.2. The molecule has 4 aliphatic rings. The number of aromatic nitrogens is 8. The van der Waals surface area contributed by atoms with Crippen molar-refractivity contribution in [3.05, 3.63) is 235 Å². The van der Waals surface area contributed by atoms with Gasteiger partial charge in [-0.05, 0) is 180 Å². The Kier molecular flexibility index (Phi) is 34.1. The number of aryl methyl sites for hydroxylation is 5. The number of halogens is 16. The van der Waals surface area contributed by atoms with Crippen LogP contribution < -0.4 is 14.2 Å². The number of ketones is 4. The van der Waals surface area contributed by atoms with Gasteiger partial charge in [0, 0.05) is 228 Å². The first kappa shape index (κ1) is 108. The standard InChI is InChI=1S/C27H26Cl2F2N2O4.2C26H27Cl2F2N3O3.C22H22Cl2F2N4O2/c1-15(34)12-16-8-10-33(11-9-16)26(36)19-6-7-20(28)23(24(19)29)25(35)22-13-17-4-5-18(37-27(2,30)31)14-21(17)32(22)3;1-15(34)10-16-6-8-33(9-7-16)25(35)21-14-31-24(28)20(23(21)27)12-18-11-17-4-5-19(36-26(2,29)30)13-22(17)32(18)3;1-15(34)10-16-6-8-33(9-7-16)25(35)24-23(28)20(21(27)14-31-24)12-18-11-17-4-5-19(36-26(2,29)30)13-22(17)32(18)3;1-12-8-17(22(2,25)26)28-20-14(12)9-13(29(20)3)10-15-16(23)11-27-19(18(15)24)21(31)30-4-6-32-7-5-30/h4-7,13-14,16H,8-12H2,1-3H3;2*4-5,11,13-14,16H,6-10,12H2,1-3H3;8-9,11H,4-7,10H2,1-3H3. The van der Waals surface area contributed by atoms with Crippen LogP contribution in [0, 0.1) is 24.7 Å². The first-order valence-electron chi connectivity index (χ1n) is 45.3. The Balaban J connectivity index is 0.000000158. The molecular formula is C101H102Cl8F8N12O12. The summed E-state index contributed by atoms with van der Waals surface area (Å²) in [5.74, 6) is -3.27. The Hall–Kier alpha value is -10.7. The highest BCUT2D eigenvalue weighted by atomic mass is 35.5. The molecule has 8 aromatic heterocycles. The minimum absolute atomic E-state index is 0.0110. The molecule has 4 fully saturated rings.